The third-order valence-electron chi connectivity index (χ3n) is 5.75. The van der Waals surface area contributed by atoms with Crippen molar-refractivity contribution in [2.24, 2.45) is 5.73 Å². The molecule has 0 unspecified atom stereocenters. The first-order valence-electron chi connectivity index (χ1n) is 10.0. The van der Waals surface area contributed by atoms with E-state index in [1.165, 1.54) is 5.56 Å². The van der Waals surface area contributed by atoms with Crippen LogP contribution in [-0.4, -0.2) is 24.9 Å². The van der Waals surface area contributed by atoms with E-state index in [0.29, 0.717) is 11.7 Å². The molecule has 3 aromatic heterocycles. The van der Waals surface area contributed by atoms with Crippen molar-refractivity contribution in [3.05, 3.63) is 47.9 Å². The summed E-state index contributed by atoms with van der Waals surface area (Å²) in [4.78, 5) is 9.57. The Morgan fingerprint density at radius 2 is 1.87 bits per heavy atom. The second kappa shape index (κ2) is 7.49. The summed E-state index contributed by atoms with van der Waals surface area (Å²) in [5, 5.41) is 9.64. The molecular weight excluding hydrogens is 400 g/mol. The van der Waals surface area contributed by atoms with Crippen LogP contribution in [-0.2, 0) is 5.54 Å². The Hall–Kier alpha value is -2.77. The summed E-state index contributed by atoms with van der Waals surface area (Å²) in [6.45, 7) is 6.25. The molecule has 4 aromatic rings. The first kappa shape index (κ1) is 20.5. The van der Waals surface area contributed by atoms with Gasteiger partial charge in [0.1, 0.15) is 0 Å². The summed E-state index contributed by atoms with van der Waals surface area (Å²) in [6.07, 6.45) is 4.69. The summed E-state index contributed by atoms with van der Waals surface area (Å²) in [5.41, 5.74) is 10.7. The number of fused-ring (bicyclic) bond motifs is 1. The number of aryl methyl sites for hydroxylation is 1. The molecule has 2 N–H and O–H groups in total. The van der Waals surface area contributed by atoms with Gasteiger partial charge in [0, 0.05) is 11.6 Å². The molecule has 8 heteroatoms. The predicted octanol–water partition coefficient (Wildman–Crippen LogP) is 4.80. The molecule has 1 aliphatic carbocycles. The van der Waals surface area contributed by atoms with Crippen LogP contribution in [0.3, 0.4) is 0 Å². The zero-order valence-corrected chi connectivity index (χ0v) is 18.1. The molecule has 1 saturated carbocycles. The van der Waals surface area contributed by atoms with Crippen LogP contribution in [0.4, 0.5) is 0 Å². The molecule has 1 aliphatic rings. The van der Waals surface area contributed by atoms with Crippen molar-refractivity contribution in [2.75, 3.05) is 0 Å². The summed E-state index contributed by atoms with van der Waals surface area (Å²) in [5.74, 6) is 1.04. The minimum absolute atomic E-state index is 0. The second-order valence-electron chi connectivity index (χ2n) is 8.27. The smallest absolute Gasteiger partial charge is 0.258 e. The Labute approximate surface area is 181 Å². The summed E-state index contributed by atoms with van der Waals surface area (Å²) in [7, 11) is 0. The highest BCUT2D eigenvalue weighted by Gasteiger charge is 2.39. The Morgan fingerprint density at radius 3 is 2.50 bits per heavy atom. The van der Waals surface area contributed by atoms with Crippen LogP contribution in [0.1, 0.15) is 50.5 Å². The SMILES string of the molecule is Cc1ccc(-c2cc(-c3nc(C4(N)CCC4)no3)c3cnn(C(C)C)c3n2)cc1.Cl. The Balaban J connectivity index is 0.00000218. The van der Waals surface area contributed by atoms with E-state index in [2.05, 4.69) is 60.3 Å². The average Bonchev–Trinajstić information content (AvgIpc) is 3.33. The van der Waals surface area contributed by atoms with Crippen molar-refractivity contribution in [2.45, 2.75) is 51.6 Å². The Kier molecular flexibility index (Phi) is 5.11. The third kappa shape index (κ3) is 3.28. The first-order chi connectivity index (χ1) is 13.9. The lowest BCUT2D eigenvalue weighted by atomic mass is 9.77. The Bertz CT molecular complexity index is 1190. The topological polar surface area (TPSA) is 95.6 Å². The van der Waals surface area contributed by atoms with E-state index in [0.717, 1.165) is 47.1 Å². The van der Waals surface area contributed by atoms with Crippen LogP contribution in [0.5, 0.6) is 0 Å². The van der Waals surface area contributed by atoms with Crippen molar-refractivity contribution in [1.29, 1.82) is 0 Å². The molecular formula is C22H25ClN6O. The van der Waals surface area contributed by atoms with E-state index in [1.54, 1.807) is 0 Å². The van der Waals surface area contributed by atoms with E-state index in [4.69, 9.17) is 15.2 Å². The molecule has 7 nitrogen and oxygen atoms in total. The van der Waals surface area contributed by atoms with Crippen LogP contribution in [0.2, 0.25) is 0 Å². The number of aromatic nitrogens is 5. The Morgan fingerprint density at radius 1 is 1.13 bits per heavy atom. The number of hydrogen-bond acceptors (Lipinski definition) is 6. The number of pyridine rings is 1. The molecule has 0 bridgehead atoms. The summed E-state index contributed by atoms with van der Waals surface area (Å²) >= 11 is 0. The monoisotopic (exact) mass is 424 g/mol. The highest BCUT2D eigenvalue weighted by Crippen LogP contribution is 2.39. The zero-order chi connectivity index (χ0) is 20.2. The molecule has 1 fully saturated rings. The minimum Gasteiger partial charge on any atom is -0.334 e. The number of hydrogen-bond donors (Lipinski definition) is 1. The van der Waals surface area contributed by atoms with Crippen LogP contribution >= 0.6 is 12.4 Å². The molecule has 156 valence electrons. The van der Waals surface area contributed by atoms with Crippen LogP contribution < -0.4 is 5.73 Å². The largest absolute Gasteiger partial charge is 0.334 e. The van der Waals surface area contributed by atoms with Crippen molar-refractivity contribution in [1.82, 2.24) is 24.9 Å². The molecule has 30 heavy (non-hydrogen) atoms. The maximum absolute atomic E-state index is 6.39. The molecule has 0 amide bonds. The molecule has 3 heterocycles. The zero-order valence-electron chi connectivity index (χ0n) is 17.3. The van der Waals surface area contributed by atoms with E-state index in [9.17, 15) is 0 Å². The van der Waals surface area contributed by atoms with Gasteiger partial charge >= 0.3 is 0 Å². The van der Waals surface area contributed by atoms with Gasteiger partial charge in [0.25, 0.3) is 5.89 Å². The highest BCUT2D eigenvalue weighted by atomic mass is 35.5. The van der Waals surface area contributed by atoms with Crippen molar-refractivity contribution in [3.63, 3.8) is 0 Å². The van der Waals surface area contributed by atoms with Gasteiger partial charge in [0.2, 0.25) is 0 Å². The van der Waals surface area contributed by atoms with Crippen molar-refractivity contribution < 1.29 is 4.52 Å². The molecule has 0 atom stereocenters. The number of nitrogens with zero attached hydrogens (tertiary/aromatic N) is 5. The molecule has 1 aromatic carbocycles. The molecule has 0 saturated heterocycles. The number of halogens is 1. The van der Waals surface area contributed by atoms with Gasteiger partial charge in [-0.05, 0) is 46.1 Å². The van der Waals surface area contributed by atoms with E-state index in [-0.39, 0.29) is 18.4 Å². The van der Waals surface area contributed by atoms with Crippen LogP contribution in [0, 0.1) is 6.92 Å². The van der Waals surface area contributed by atoms with Gasteiger partial charge in [-0.3, -0.25) is 0 Å². The average molecular weight is 425 g/mol. The van der Waals surface area contributed by atoms with Crippen molar-refractivity contribution >= 4 is 23.4 Å². The number of nitrogens with two attached hydrogens (primary N) is 1. The van der Waals surface area contributed by atoms with Gasteiger partial charge in [-0.25, -0.2) is 9.67 Å². The lowest BCUT2D eigenvalue weighted by Crippen LogP contribution is -2.44. The molecule has 0 radical (unpaired) electrons. The van der Waals surface area contributed by atoms with Gasteiger partial charge < -0.3 is 10.3 Å². The maximum atomic E-state index is 6.39. The fourth-order valence-electron chi connectivity index (χ4n) is 3.76. The van der Waals surface area contributed by atoms with E-state index >= 15 is 0 Å². The maximum Gasteiger partial charge on any atom is 0.258 e. The third-order valence-corrected chi connectivity index (χ3v) is 5.75. The molecule has 0 spiro atoms. The summed E-state index contributed by atoms with van der Waals surface area (Å²) < 4.78 is 7.58. The normalized spacial score (nSPS) is 15.2. The second-order valence-corrected chi connectivity index (χ2v) is 8.27. The molecule has 0 aliphatic heterocycles. The van der Waals surface area contributed by atoms with Gasteiger partial charge in [-0.1, -0.05) is 35.0 Å². The van der Waals surface area contributed by atoms with Gasteiger partial charge in [0.15, 0.2) is 11.5 Å². The fourth-order valence-corrected chi connectivity index (χ4v) is 3.76. The highest BCUT2D eigenvalue weighted by molar-refractivity contribution is 5.92. The minimum atomic E-state index is -0.463. The van der Waals surface area contributed by atoms with Gasteiger partial charge in [-0.2, -0.15) is 10.1 Å². The van der Waals surface area contributed by atoms with Crippen molar-refractivity contribution in [3.8, 4) is 22.7 Å². The first-order valence-corrected chi connectivity index (χ1v) is 10.0. The lowest BCUT2D eigenvalue weighted by molar-refractivity contribution is 0.229. The van der Waals surface area contributed by atoms with Crippen LogP contribution in [0.15, 0.2) is 41.1 Å². The van der Waals surface area contributed by atoms with Crippen LogP contribution in [0.25, 0.3) is 33.7 Å². The van der Waals surface area contributed by atoms with Gasteiger partial charge in [0.05, 0.1) is 28.4 Å². The summed E-state index contributed by atoms with van der Waals surface area (Å²) in [6, 6.07) is 10.5. The van der Waals surface area contributed by atoms with E-state index in [1.807, 2.05) is 16.9 Å². The lowest BCUT2D eigenvalue weighted by Gasteiger charge is -2.34. The predicted molar refractivity (Wildman–Crippen MR) is 118 cm³/mol. The van der Waals surface area contributed by atoms with Gasteiger partial charge in [-0.15, -0.1) is 12.4 Å². The van der Waals surface area contributed by atoms with E-state index < -0.39 is 5.54 Å². The molecule has 5 rings (SSSR count). The quantitative estimate of drug-likeness (QED) is 0.505. The fraction of sp³-hybridized carbons (Fsp3) is 0.364. The number of rotatable bonds is 4. The number of benzene rings is 1. The standard InChI is InChI=1S/C22H24N6O.ClH/c1-13(2)28-19-17(12-24-28)16(11-18(25-19)15-7-5-14(3)6-8-15)20-26-21(27-29-20)22(23)9-4-10-22;/h5-8,11-13H,4,9-10,23H2,1-3H3;1H.